The number of carbonyl (C=O) groups is 1. The van der Waals surface area contributed by atoms with Crippen LogP contribution in [0.5, 0.6) is 0 Å². The van der Waals surface area contributed by atoms with Gasteiger partial charge in [-0.1, -0.05) is 13.8 Å². The van der Waals surface area contributed by atoms with Gasteiger partial charge >= 0.3 is 0 Å². The van der Waals surface area contributed by atoms with E-state index in [9.17, 15) is 4.79 Å². The Kier molecular flexibility index (Phi) is 8.15. The van der Waals surface area contributed by atoms with Crippen molar-refractivity contribution in [2.45, 2.75) is 53.0 Å². The highest BCUT2D eigenvalue weighted by atomic mass is 16.2. The summed E-state index contributed by atoms with van der Waals surface area (Å²) in [4.78, 5) is 16.4. The zero-order valence-electron chi connectivity index (χ0n) is 13.8. The van der Waals surface area contributed by atoms with Gasteiger partial charge in [0.1, 0.15) is 0 Å². The number of piperidine rings is 1. The minimum absolute atomic E-state index is 0.278. The summed E-state index contributed by atoms with van der Waals surface area (Å²) in [7, 11) is 0. The first-order valence-corrected chi connectivity index (χ1v) is 8.30. The van der Waals surface area contributed by atoms with Crippen LogP contribution >= 0.6 is 0 Å². The van der Waals surface area contributed by atoms with Crippen molar-refractivity contribution in [2.75, 3.05) is 39.3 Å². The Morgan fingerprint density at radius 2 is 1.85 bits per heavy atom. The van der Waals surface area contributed by atoms with Crippen LogP contribution in [0.3, 0.4) is 0 Å². The number of hydrogen-bond donors (Lipinski definition) is 1. The van der Waals surface area contributed by atoms with E-state index >= 15 is 0 Å². The van der Waals surface area contributed by atoms with Gasteiger partial charge in [-0.05, 0) is 45.7 Å². The third-order valence-electron chi connectivity index (χ3n) is 4.10. The molecule has 0 radical (unpaired) electrons. The lowest BCUT2D eigenvalue weighted by atomic mass is 10.0. The fourth-order valence-corrected chi connectivity index (χ4v) is 2.95. The summed E-state index contributed by atoms with van der Waals surface area (Å²) in [6.45, 7) is 14.7. The van der Waals surface area contributed by atoms with Crippen LogP contribution in [0.25, 0.3) is 0 Å². The molecule has 0 aromatic rings. The van der Waals surface area contributed by atoms with Gasteiger partial charge < -0.3 is 15.1 Å². The minimum atomic E-state index is 0.278. The van der Waals surface area contributed by atoms with Crippen molar-refractivity contribution in [3.8, 4) is 0 Å². The molecule has 20 heavy (non-hydrogen) atoms. The van der Waals surface area contributed by atoms with Crippen molar-refractivity contribution in [2.24, 2.45) is 5.92 Å². The normalized spacial score (nSPS) is 17.6. The van der Waals surface area contributed by atoms with E-state index in [1.165, 1.54) is 32.5 Å². The van der Waals surface area contributed by atoms with Crippen molar-refractivity contribution in [1.82, 2.24) is 15.1 Å². The first-order chi connectivity index (χ1) is 9.56. The van der Waals surface area contributed by atoms with Gasteiger partial charge in [0, 0.05) is 38.6 Å². The Bertz CT molecular complexity index is 269. The van der Waals surface area contributed by atoms with Crippen molar-refractivity contribution in [1.29, 1.82) is 0 Å². The maximum atomic E-state index is 11.9. The molecular formula is C16H33N3O. The molecule has 1 aliphatic rings. The van der Waals surface area contributed by atoms with E-state index < -0.39 is 0 Å². The van der Waals surface area contributed by atoms with Crippen molar-refractivity contribution in [3.05, 3.63) is 0 Å². The van der Waals surface area contributed by atoms with Crippen LogP contribution < -0.4 is 5.32 Å². The topological polar surface area (TPSA) is 35.6 Å². The van der Waals surface area contributed by atoms with Crippen LogP contribution in [0.1, 0.15) is 47.0 Å². The van der Waals surface area contributed by atoms with Crippen LogP contribution in [0.15, 0.2) is 0 Å². The van der Waals surface area contributed by atoms with Gasteiger partial charge in [0.2, 0.25) is 5.91 Å². The summed E-state index contributed by atoms with van der Waals surface area (Å²) in [5, 5.41) is 3.56. The standard InChI is InChI=1S/C16H33N3O/c1-5-19(6-2)16(20)7-10-17-15-8-11-18(12-9-15)13-14(3)4/h14-15,17H,5-13H2,1-4H3. The predicted octanol–water partition coefficient (Wildman–Crippen LogP) is 1.95. The van der Waals surface area contributed by atoms with Crippen LogP contribution in [0, 0.1) is 5.92 Å². The molecule has 1 fully saturated rings. The second-order valence-corrected chi connectivity index (χ2v) is 6.24. The number of rotatable bonds is 8. The molecule has 0 aliphatic carbocycles. The van der Waals surface area contributed by atoms with Gasteiger partial charge in [-0.25, -0.2) is 0 Å². The van der Waals surface area contributed by atoms with E-state index in [-0.39, 0.29) is 5.91 Å². The van der Waals surface area contributed by atoms with E-state index in [2.05, 4.69) is 24.1 Å². The Hall–Kier alpha value is -0.610. The smallest absolute Gasteiger partial charge is 0.223 e. The molecule has 1 aliphatic heterocycles. The maximum absolute atomic E-state index is 11.9. The molecule has 0 spiro atoms. The SMILES string of the molecule is CCN(CC)C(=O)CCNC1CCN(CC(C)C)CC1. The maximum Gasteiger partial charge on any atom is 0.223 e. The molecule has 0 aromatic heterocycles. The lowest BCUT2D eigenvalue weighted by molar-refractivity contribution is -0.130. The van der Waals surface area contributed by atoms with Gasteiger partial charge in [-0.15, -0.1) is 0 Å². The number of hydrogen-bond acceptors (Lipinski definition) is 3. The third-order valence-corrected chi connectivity index (χ3v) is 4.10. The number of amides is 1. The van der Waals surface area contributed by atoms with E-state index in [1.54, 1.807) is 0 Å². The minimum Gasteiger partial charge on any atom is -0.343 e. The Morgan fingerprint density at radius 1 is 1.25 bits per heavy atom. The lowest BCUT2D eigenvalue weighted by Gasteiger charge is -2.33. The molecule has 1 rings (SSSR count). The van der Waals surface area contributed by atoms with Gasteiger partial charge in [-0.3, -0.25) is 4.79 Å². The summed E-state index contributed by atoms with van der Waals surface area (Å²) in [5.41, 5.74) is 0. The van der Waals surface area contributed by atoms with Gasteiger partial charge in [-0.2, -0.15) is 0 Å². The van der Waals surface area contributed by atoms with Crippen molar-refractivity contribution < 1.29 is 4.79 Å². The second-order valence-electron chi connectivity index (χ2n) is 6.24. The van der Waals surface area contributed by atoms with E-state index in [0.717, 1.165) is 25.6 Å². The molecule has 1 saturated heterocycles. The molecule has 1 N–H and O–H groups in total. The summed E-state index contributed by atoms with van der Waals surface area (Å²) >= 11 is 0. The fourth-order valence-electron chi connectivity index (χ4n) is 2.95. The quantitative estimate of drug-likeness (QED) is 0.739. The average Bonchev–Trinajstić information content (AvgIpc) is 2.41. The molecular weight excluding hydrogens is 250 g/mol. The highest BCUT2D eigenvalue weighted by Crippen LogP contribution is 2.12. The third kappa shape index (κ3) is 6.23. The van der Waals surface area contributed by atoms with Crippen LogP contribution in [0.4, 0.5) is 0 Å². The predicted molar refractivity (Wildman–Crippen MR) is 84.8 cm³/mol. The lowest BCUT2D eigenvalue weighted by Crippen LogP contribution is -2.44. The largest absolute Gasteiger partial charge is 0.343 e. The molecule has 1 amide bonds. The van der Waals surface area contributed by atoms with Crippen molar-refractivity contribution in [3.63, 3.8) is 0 Å². The van der Waals surface area contributed by atoms with Crippen LogP contribution in [-0.4, -0.2) is 61.0 Å². The Morgan fingerprint density at radius 3 is 2.35 bits per heavy atom. The molecule has 4 heteroatoms. The molecule has 118 valence electrons. The second kappa shape index (κ2) is 9.35. The number of likely N-dealkylation sites (tertiary alicyclic amines) is 1. The molecule has 0 bridgehead atoms. The van der Waals surface area contributed by atoms with Crippen molar-refractivity contribution >= 4 is 5.91 Å². The molecule has 0 saturated carbocycles. The Balaban J connectivity index is 2.14. The summed E-state index contributed by atoms with van der Waals surface area (Å²) in [6.07, 6.45) is 3.06. The monoisotopic (exact) mass is 283 g/mol. The average molecular weight is 283 g/mol. The van der Waals surface area contributed by atoms with Crippen LogP contribution in [-0.2, 0) is 4.79 Å². The summed E-state index contributed by atoms with van der Waals surface area (Å²) in [6, 6.07) is 0.600. The summed E-state index contributed by atoms with van der Waals surface area (Å²) < 4.78 is 0. The van der Waals surface area contributed by atoms with E-state index in [4.69, 9.17) is 0 Å². The van der Waals surface area contributed by atoms with Gasteiger partial charge in [0.25, 0.3) is 0 Å². The number of nitrogens with one attached hydrogen (secondary N) is 1. The van der Waals surface area contributed by atoms with Crippen LogP contribution in [0.2, 0.25) is 0 Å². The Labute approximate surface area is 124 Å². The van der Waals surface area contributed by atoms with E-state index in [0.29, 0.717) is 12.5 Å². The zero-order valence-corrected chi connectivity index (χ0v) is 13.8. The molecule has 1 heterocycles. The molecule has 0 unspecified atom stereocenters. The van der Waals surface area contributed by atoms with Gasteiger partial charge in [0.05, 0.1) is 0 Å². The summed E-state index contributed by atoms with van der Waals surface area (Å²) in [5.74, 6) is 1.03. The fraction of sp³-hybridized carbons (Fsp3) is 0.938. The highest BCUT2D eigenvalue weighted by molar-refractivity contribution is 5.76. The molecule has 0 aromatic carbocycles. The first-order valence-electron chi connectivity index (χ1n) is 8.30. The number of carbonyl (C=O) groups excluding carboxylic acids is 1. The highest BCUT2D eigenvalue weighted by Gasteiger charge is 2.19. The molecule has 0 atom stereocenters. The molecule has 4 nitrogen and oxygen atoms in total. The zero-order chi connectivity index (χ0) is 15.0. The van der Waals surface area contributed by atoms with E-state index in [1.807, 2.05) is 18.7 Å². The van der Waals surface area contributed by atoms with Gasteiger partial charge in [0.15, 0.2) is 0 Å². The first kappa shape index (κ1) is 17.4. The number of nitrogens with zero attached hydrogens (tertiary/aromatic N) is 2.